The molecule has 0 atom stereocenters. The van der Waals surface area contributed by atoms with Gasteiger partial charge in [0.2, 0.25) is 0 Å². The largest absolute Gasteiger partial charge is 0.516 e. The van der Waals surface area contributed by atoms with Crippen LogP contribution in [-0.4, -0.2) is 15.3 Å². The maximum absolute atomic E-state index is 7.65. The first-order valence-corrected chi connectivity index (χ1v) is 1.46. The van der Waals surface area contributed by atoms with E-state index in [2.05, 4.69) is 10.2 Å². The minimum atomic E-state index is 0.914. The summed E-state index contributed by atoms with van der Waals surface area (Å²) in [5.74, 6) is 0. The van der Waals surface area contributed by atoms with Crippen LogP contribution in [0.1, 0.15) is 0 Å². The van der Waals surface area contributed by atoms with E-state index in [0.29, 0.717) is 0 Å². The predicted octanol–water partition coefficient (Wildman–Crippen LogP) is 0.184. The van der Waals surface area contributed by atoms with E-state index >= 15 is 0 Å². The van der Waals surface area contributed by atoms with Gasteiger partial charge in [-0.05, 0) is 0 Å². The Labute approximate surface area is 28.4 Å². The lowest BCUT2D eigenvalue weighted by molar-refractivity contribution is 0.475. The Balaban J connectivity index is 2.55. The molecule has 0 saturated carbocycles. The van der Waals surface area contributed by atoms with E-state index in [4.69, 9.17) is 5.11 Å². The molecule has 1 nitrogen and oxygen atoms in total. The van der Waals surface area contributed by atoms with Crippen LogP contribution in [0.25, 0.3) is 0 Å². The van der Waals surface area contributed by atoms with Gasteiger partial charge in [-0.15, -0.1) is 0 Å². The topological polar surface area (TPSA) is 20.2 Å². The van der Waals surface area contributed by atoms with Crippen LogP contribution in [0.4, 0.5) is 0 Å². The van der Waals surface area contributed by atoms with Crippen molar-refractivity contribution in [2.24, 2.45) is 0 Å². The monoisotopic (exact) mass is 71.0 g/mol. The Morgan fingerprint density at radius 1 is 1.75 bits per heavy atom. The van der Waals surface area contributed by atoms with E-state index in [1.165, 1.54) is 5.70 Å². The molecule has 21 valence electrons. The molecule has 0 saturated heterocycles. The number of aliphatic hydroxyl groups excluding tert-OH is 1. The molecule has 0 heterocycles. The van der Waals surface area contributed by atoms with Gasteiger partial charge in [-0.1, -0.05) is 5.70 Å². The summed E-state index contributed by atoms with van der Waals surface area (Å²) < 4.78 is 0. The summed E-state index contributed by atoms with van der Waals surface area (Å²) in [4.78, 5) is 0. The van der Waals surface area contributed by atoms with Crippen molar-refractivity contribution in [2.75, 3.05) is 0 Å². The molecule has 0 rings (SSSR count). The molecule has 0 aliphatic rings. The summed E-state index contributed by atoms with van der Waals surface area (Å²) in [5, 5.41) is 7.65. The molecular formula is C2H3OSi. The van der Waals surface area contributed by atoms with Crippen LogP contribution in [0.3, 0.4) is 0 Å². The smallest absolute Gasteiger partial charge is 0.0705 e. The zero-order valence-electron chi connectivity index (χ0n) is 2.10. The zero-order valence-corrected chi connectivity index (χ0v) is 3.10. The second-order valence-electron chi connectivity index (χ2n) is 0.316. The molecule has 0 aromatic carbocycles. The molecule has 0 spiro atoms. The van der Waals surface area contributed by atoms with E-state index in [0.717, 1.165) is 6.26 Å². The summed E-state index contributed by atoms with van der Waals surface area (Å²) in [6.07, 6.45) is 0.914. The van der Waals surface area contributed by atoms with E-state index in [1.54, 1.807) is 0 Å². The van der Waals surface area contributed by atoms with Gasteiger partial charge < -0.3 is 5.11 Å². The van der Waals surface area contributed by atoms with Gasteiger partial charge in [0.15, 0.2) is 0 Å². The van der Waals surface area contributed by atoms with Crippen molar-refractivity contribution < 1.29 is 5.11 Å². The van der Waals surface area contributed by atoms with Gasteiger partial charge in [-0.3, -0.25) is 0 Å². The molecule has 0 aliphatic carbocycles. The lowest BCUT2D eigenvalue weighted by Gasteiger charge is -1.52. The van der Waals surface area contributed by atoms with Gasteiger partial charge >= 0.3 is 0 Å². The minimum Gasteiger partial charge on any atom is -0.516 e. The van der Waals surface area contributed by atoms with Gasteiger partial charge in [0, 0.05) is 0 Å². The third-order valence-electron chi connectivity index (χ3n) is 0.0745. The standard InChI is InChI=1S/C2H3OSi/c3-1-2-4/h1-3H/b2-1+. The van der Waals surface area contributed by atoms with E-state index in [-0.39, 0.29) is 0 Å². The summed E-state index contributed by atoms with van der Waals surface area (Å²) in [6.45, 7) is 0. The Morgan fingerprint density at radius 2 is 2.00 bits per heavy atom. The van der Waals surface area contributed by atoms with Crippen molar-refractivity contribution >= 4 is 10.2 Å². The third kappa shape index (κ3) is 1.76. The highest BCUT2D eigenvalue weighted by molar-refractivity contribution is 6.16. The molecule has 1 N–H and O–H groups in total. The maximum atomic E-state index is 7.65. The van der Waals surface area contributed by atoms with E-state index < -0.39 is 0 Å². The zero-order chi connectivity index (χ0) is 3.41. The lowest BCUT2D eigenvalue weighted by atomic mass is 11.2. The molecule has 3 radical (unpaired) electrons. The molecule has 2 heteroatoms. The molecule has 0 amide bonds. The highest BCUT2D eigenvalue weighted by atomic mass is 28.1. The Kier molecular flexibility index (Phi) is 2.59. The summed E-state index contributed by atoms with van der Waals surface area (Å²) in [7, 11) is 2.86. The molecule has 0 unspecified atom stereocenters. The van der Waals surface area contributed by atoms with Crippen LogP contribution in [-0.2, 0) is 0 Å². The quantitative estimate of drug-likeness (QED) is 0.319. The highest BCUT2D eigenvalue weighted by Crippen LogP contribution is 1.43. The predicted molar refractivity (Wildman–Crippen MR) is 17.5 cm³/mol. The second kappa shape index (κ2) is 2.76. The van der Waals surface area contributed by atoms with Crippen LogP contribution in [0, 0.1) is 0 Å². The Bertz CT molecular complexity index is 21.2. The van der Waals surface area contributed by atoms with Crippen molar-refractivity contribution in [2.45, 2.75) is 0 Å². The third-order valence-corrected chi connectivity index (χ3v) is 0.224. The number of hydrogen-bond donors (Lipinski definition) is 1. The van der Waals surface area contributed by atoms with Crippen molar-refractivity contribution in [3.8, 4) is 0 Å². The average molecular weight is 71.1 g/mol. The van der Waals surface area contributed by atoms with Gasteiger partial charge in [0.25, 0.3) is 0 Å². The second-order valence-corrected chi connectivity index (χ2v) is 0.649. The average Bonchev–Trinajstić information content (AvgIpc) is 1.37. The van der Waals surface area contributed by atoms with Crippen LogP contribution in [0.15, 0.2) is 12.0 Å². The molecule has 0 aromatic rings. The highest BCUT2D eigenvalue weighted by Gasteiger charge is 1.36. The first kappa shape index (κ1) is 3.76. The molecular weight excluding hydrogens is 68.1 g/mol. The summed E-state index contributed by atoms with van der Waals surface area (Å²) >= 11 is 0. The van der Waals surface area contributed by atoms with Crippen LogP contribution >= 0.6 is 0 Å². The fraction of sp³-hybridized carbons (Fsp3) is 0. The Hall–Kier alpha value is -0.243. The van der Waals surface area contributed by atoms with Crippen LogP contribution in [0.5, 0.6) is 0 Å². The van der Waals surface area contributed by atoms with E-state index in [9.17, 15) is 0 Å². The van der Waals surface area contributed by atoms with Crippen molar-refractivity contribution in [1.82, 2.24) is 0 Å². The minimum absolute atomic E-state index is 0.914. The van der Waals surface area contributed by atoms with Crippen LogP contribution < -0.4 is 0 Å². The van der Waals surface area contributed by atoms with Crippen molar-refractivity contribution in [3.05, 3.63) is 12.0 Å². The SMILES string of the molecule is O/C=C/[Si]. The maximum Gasteiger partial charge on any atom is 0.0705 e. The first-order chi connectivity index (χ1) is 1.91. The molecule has 0 aliphatic heterocycles. The summed E-state index contributed by atoms with van der Waals surface area (Å²) in [5.41, 5.74) is 1.36. The number of aliphatic hydroxyl groups is 1. The summed E-state index contributed by atoms with van der Waals surface area (Å²) in [6, 6.07) is 0. The molecule has 0 bridgehead atoms. The number of rotatable bonds is 0. The fourth-order valence-corrected chi connectivity index (χ4v) is 0. The number of hydrogen-bond acceptors (Lipinski definition) is 1. The van der Waals surface area contributed by atoms with Gasteiger partial charge in [-0.25, -0.2) is 0 Å². The van der Waals surface area contributed by atoms with Crippen LogP contribution in [0.2, 0.25) is 0 Å². The van der Waals surface area contributed by atoms with Crippen molar-refractivity contribution in [1.29, 1.82) is 0 Å². The van der Waals surface area contributed by atoms with E-state index in [1.807, 2.05) is 0 Å². The van der Waals surface area contributed by atoms with Gasteiger partial charge in [0.05, 0.1) is 16.5 Å². The fourth-order valence-electron chi connectivity index (χ4n) is 0. The van der Waals surface area contributed by atoms with Gasteiger partial charge in [-0.2, -0.15) is 0 Å². The first-order valence-electron chi connectivity index (χ1n) is 0.880. The lowest BCUT2D eigenvalue weighted by Crippen LogP contribution is -1.45. The van der Waals surface area contributed by atoms with Crippen molar-refractivity contribution in [3.63, 3.8) is 0 Å². The Morgan fingerprint density at radius 3 is 2.00 bits per heavy atom. The normalized spacial score (nSPS) is 9.25. The molecule has 0 aromatic heterocycles. The molecule has 4 heavy (non-hydrogen) atoms. The molecule has 0 fully saturated rings. The van der Waals surface area contributed by atoms with Gasteiger partial charge in [0.1, 0.15) is 0 Å².